The number of benzene rings is 2. The zero-order valence-electron chi connectivity index (χ0n) is 19.6. The van der Waals surface area contributed by atoms with Gasteiger partial charge in [0.2, 0.25) is 0 Å². The van der Waals surface area contributed by atoms with E-state index in [2.05, 4.69) is 5.32 Å². The Kier molecular flexibility index (Phi) is 7.51. The van der Waals surface area contributed by atoms with Gasteiger partial charge in [-0.3, -0.25) is 9.59 Å². The molecule has 192 valence electrons. The number of hydrogen-bond acceptors (Lipinski definition) is 3. The van der Waals surface area contributed by atoms with Crippen LogP contribution >= 0.6 is 0 Å². The summed E-state index contributed by atoms with van der Waals surface area (Å²) in [5.74, 6) is -1.91. The molecule has 2 fully saturated rings. The molecule has 0 aromatic heterocycles. The molecule has 2 atom stereocenters. The Morgan fingerprint density at radius 3 is 2.11 bits per heavy atom. The maximum Gasteiger partial charge on any atom is 0.416 e. The molecule has 0 saturated carbocycles. The summed E-state index contributed by atoms with van der Waals surface area (Å²) in [7, 11) is 0. The SMILES string of the molecule is O=C(NC1CC(c2ccc(C(F)(F)F)cc2)CN(C(=O)N2CCC(C(=O)O)CC2)C1)c1ccccc1. The standard InChI is InChI=1S/C26H28F3N3O4/c27-26(28,29)21-8-6-17(7-9-21)20-14-22(30-23(33)18-4-2-1-3-5-18)16-32(15-20)25(36)31-12-10-19(11-13-31)24(34)35/h1-9,19-20,22H,10-16H2,(H,30,33)(H,34,35). The molecule has 2 N–H and O–H groups in total. The van der Waals surface area contributed by atoms with Crippen molar-refractivity contribution >= 4 is 17.9 Å². The number of carbonyl (C=O) groups is 3. The van der Waals surface area contributed by atoms with E-state index < -0.39 is 29.7 Å². The summed E-state index contributed by atoms with van der Waals surface area (Å²) in [6, 6.07) is 12.9. The second-order valence-electron chi connectivity index (χ2n) is 9.38. The van der Waals surface area contributed by atoms with Crippen LogP contribution in [0.2, 0.25) is 0 Å². The summed E-state index contributed by atoms with van der Waals surface area (Å²) in [6.07, 6.45) is -3.24. The molecule has 0 aliphatic carbocycles. The number of hydrogen-bond donors (Lipinski definition) is 2. The van der Waals surface area contributed by atoms with Gasteiger partial charge in [-0.15, -0.1) is 0 Å². The highest BCUT2D eigenvalue weighted by molar-refractivity contribution is 5.94. The lowest BCUT2D eigenvalue weighted by Crippen LogP contribution is -2.56. The Morgan fingerprint density at radius 2 is 1.53 bits per heavy atom. The lowest BCUT2D eigenvalue weighted by Gasteiger charge is -2.41. The van der Waals surface area contributed by atoms with E-state index in [1.807, 2.05) is 0 Å². The lowest BCUT2D eigenvalue weighted by atomic mass is 9.87. The molecule has 2 aromatic rings. The average molecular weight is 504 g/mol. The van der Waals surface area contributed by atoms with Crippen molar-refractivity contribution in [2.75, 3.05) is 26.2 Å². The van der Waals surface area contributed by atoms with Gasteiger partial charge in [0, 0.05) is 43.7 Å². The van der Waals surface area contributed by atoms with Crippen LogP contribution < -0.4 is 5.32 Å². The molecule has 2 unspecified atom stereocenters. The second-order valence-corrected chi connectivity index (χ2v) is 9.38. The maximum absolute atomic E-state index is 13.3. The van der Waals surface area contributed by atoms with Crippen LogP contribution in [0.1, 0.15) is 46.7 Å². The van der Waals surface area contributed by atoms with Crippen LogP contribution in [-0.2, 0) is 11.0 Å². The molecule has 2 aliphatic heterocycles. The van der Waals surface area contributed by atoms with E-state index in [1.165, 1.54) is 12.1 Å². The van der Waals surface area contributed by atoms with Gasteiger partial charge in [-0.25, -0.2) is 4.79 Å². The summed E-state index contributed by atoms with van der Waals surface area (Å²) in [5.41, 5.74) is 0.386. The number of rotatable bonds is 4. The van der Waals surface area contributed by atoms with Crippen molar-refractivity contribution in [3.63, 3.8) is 0 Å². The summed E-state index contributed by atoms with van der Waals surface area (Å²) < 4.78 is 39.1. The Balaban J connectivity index is 1.51. The number of nitrogens with one attached hydrogen (secondary N) is 1. The third-order valence-corrected chi connectivity index (χ3v) is 6.92. The highest BCUT2D eigenvalue weighted by atomic mass is 19.4. The molecule has 10 heteroatoms. The molecule has 0 bridgehead atoms. The van der Waals surface area contributed by atoms with E-state index in [1.54, 1.807) is 40.1 Å². The van der Waals surface area contributed by atoms with Gasteiger partial charge >= 0.3 is 18.2 Å². The molecule has 0 radical (unpaired) electrons. The second kappa shape index (κ2) is 10.6. The predicted octanol–water partition coefficient (Wildman–Crippen LogP) is 4.21. The minimum absolute atomic E-state index is 0.255. The van der Waals surface area contributed by atoms with Gasteiger partial charge in [-0.05, 0) is 49.1 Å². The molecular formula is C26H28F3N3O4. The van der Waals surface area contributed by atoms with E-state index in [9.17, 15) is 32.7 Å². The number of nitrogens with zero attached hydrogens (tertiary/aromatic N) is 2. The molecule has 3 amide bonds. The number of aliphatic carboxylic acids is 1. The fraction of sp³-hybridized carbons (Fsp3) is 0.423. The van der Waals surface area contributed by atoms with Crippen LogP contribution in [-0.4, -0.2) is 65.0 Å². The molecule has 2 saturated heterocycles. The molecule has 0 spiro atoms. The Bertz CT molecular complexity index is 1080. The first-order valence-corrected chi connectivity index (χ1v) is 11.9. The van der Waals surface area contributed by atoms with E-state index in [0.29, 0.717) is 50.0 Å². The van der Waals surface area contributed by atoms with E-state index in [0.717, 1.165) is 12.1 Å². The van der Waals surface area contributed by atoms with Gasteiger partial charge < -0.3 is 20.2 Å². The maximum atomic E-state index is 13.3. The average Bonchev–Trinajstić information content (AvgIpc) is 2.88. The third kappa shape index (κ3) is 5.98. The minimum Gasteiger partial charge on any atom is -0.481 e. The van der Waals surface area contributed by atoms with Crippen LogP contribution in [0.4, 0.5) is 18.0 Å². The Morgan fingerprint density at radius 1 is 0.889 bits per heavy atom. The first kappa shape index (κ1) is 25.5. The van der Waals surface area contributed by atoms with Gasteiger partial charge in [0.1, 0.15) is 0 Å². The van der Waals surface area contributed by atoms with E-state index >= 15 is 0 Å². The molecular weight excluding hydrogens is 475 g/mol. The summed E-state index contributed by atoms with van der Waals surface area (Å²) >= 11 is 0. The van der Waals surface area contributed by atoms with Crippen molar-refractivity contribution in [1.29, 1.82) is 0 Å². The van der Waals surface area contributed by atoms with Gasteiger partial charge in [0.15, 0.2) is 0 Å². The fourth-order valence-electron chi connectivity index (χ4n) is 4.92. The van der Waals surface area contributed by atoms with E-state index in [-0.39, 0.29) is 24.4 Å². The summed E-state index contributed by atoms with van der Waals surface area (Å²) in [5, 5.41) is 12.2. The number of carbonyl (C=O) groups excluding carboxylic acids is 2. The number of urea groups is 1. The Hall–Kier alpha value is -3.56. The quantitative estimate of drug-likeness (QED) is 0.654. The smallest absolute Gasteiger partial charge is 0.416 e. The number of alkyl halides is 3. The molecule has 4 rings (SSSR count). The molecule has 2 aromatic carbocycles. The number of piperidine rings is 2. The highest BCUT2D eigenvalue weighted by Crippen LogP contribution is 2.33. The monoisotopic (exact) mass is 503 g/mol. The third-order valence-electron chi connectivity index (χ3n) is 6.92. The number of carboxylic acid groups (broad SMARTS) is 1. The van der Waals surface area contributed by atoms with Crippen LogP contribution in [0, 0.1) is 5.92 Å². The first-order valence-electron chi connectivity index (χ1n) is 11.9. The largest absolute Gasteiger partial charge is 0.481 e. The zero-order valence-corrected chi connectivity index (χ0v) is 19.6. The van der Waals surface area contributed by atoms with Crippen LogP contribution in [0.15, 0.2) is 54.6 Å². The molecule has 2 heterocycles. The summed E-state index contributed by atoms with van der Waals surface area (Å²) in [6.45, 7) is 1.19. The van der Waals surface area contributed by atoms with Crippen molar-refractivity contribution < 1.29 is 32.7 Å². The Labute approximate surface area is 206 Å². The van der Waals surface area contributed by atoms with Crippen LogP contribution in [0.25, 0.3) is 0 Å². The zero-order chi connectivity index (χ0) is 25.9. The number of likely N-dealkylation sites (tertiary alicyclic amines) is 2. The fourth-order valence-corrected chi connectivity index (χ4v) is 4.92. The van der Waals surface area contributed by atoms with Gasteiger partial charge in [0.25, 0.3) is 5.91 Å². The predicted molar refractivity (Wildman–Crippen MR) is 125 cm³/mol. The topological polar surface area (TPSA) is 90.0 Å². The van der Waals surface area contributed by atoms with Crippen molar-refractivity contribution in [2.24, 2.45) is 5.92 Å². The normalized spacial score (nSPS) is 21.2. The lowest BCUT2D eigenvalue weighted by molar-refractivity contribution is -0.143. The van der Waals surface area contributed by atoms with Crippen molar-refractivity contribution in [3.8, 4) is 0 Å². The number of amides is 3. The van der Waals surface area contributed by atoms with Crippen molar-refractivity contribution in [1.82, 2.24) is 15.1 Å². The van der Waals surface area contributed by atoms with Crippen LogP contribution in [0.3, 0.4) is 0 Å². The molecule has 36 heavy (non-hydrogen) atoms. The number of halogens is 3. The van der Waals surface area contributed by atoms with Gasteiger partial charge in [-0.2, -0.15) is 13.2 Å². The van der Waals surface area contributed by atoms with Gasteiger partial charge in [0.05, 0.1) is 11.5 Å². The first-order chi connectivity index (χ1) is 17.1. The van der Waals surface area contributed by atoms with E-state index in [4.69, 9.17) is 0 Å². The minimum atomic E-state index is -4.44. The van der Waals surface area contributed by atoms with Gasteiger partial charge in [-0.1, -0.05) is 30.3 Å². The summed E-state index contributed by atoms with van der Waals surface area (Å²) in [4.78, 5) is 40.6. The number of carboxylic acids is 1. The molecule has 2 aliphatic rings. The van der Waals surface area contributed by atoms with Crippen molar-refractivity contribution in [2.45, 2.75) is 37.4 Å². The highest BCUT2D eigenvalue weighted by Gasteiger charge is 2.36. The van der Waals surface area contributed by atoms with Crippen molar-refractivity contribution in [3.05, 3.63) is 71.3 Å². The molecule has 7 nitrogen and oxygen atoms in total. The van der Waals surface area contributed by atoms with Crippen LogP contribution in [0.5, 0.6) is 0 Å².